The van der Waals surface area contributed by atoms with Crippen molar-refractivity contribution in [2.45, 2.75) is 50.4 Å². The highest BCUT2D eigenvalue weighted by atomic mass is 32.2. The molecule has 2 N–H and O–H groups in total. The van der Waals surface area contributed by atoms with Crippen LogP contribution >= 0.6 is 11.8 Å². The first-order valence-electron chi connectivity index (χ1n) is 6.73. The fourth-order valence-electron chi connectivity index (χ4n) is 2.87. The van der Waals surface area contributed by atoms with Gasteiger partial charge < -0.3 is 10.5 Å². The lowest BCUT2D eigenvalue weighted by atomic mass is 9.82. The van der Waals surface area contributed by atoms with Crippen molar-refractivity contribution in [3.8, 4) is 0 Å². The van der Waals surface area contributed by atoms with E-state index in [1.807, 2.05) is 0 Å². The highest BCUT2D eigenvalue weighted by Gasteiger charge is 2.29. The Morgan fingerprint density at radius 3 is 2.88 bits per heavy atom. The normalized spacial score (nSPS) is 40.1. The van der Waals surface area contributed by atoms with E-state index in [0.717, 1.165) is 30.2 Å². The summed E-state index contributed by atoms with van der Waals surface area (Å²) < 4.78 is 5.69. The van der Waals surface area contributed by atoms with Crippen molar-refractivity contribution in [3.63, 3.8) is 0 Å². The molecule has 0 aromatic heterocycles. The van der Waals surface area contributed by atoms with Gasteiger partial charge in [0.2, 0.25) is 0 Å². The summed E-state index contributed by atoms with van der Waals surface area (Å²) in [5.74, 6) is 2.83. The molecular weight excluding hydrogens is 218 g/mol. The average Bonchev–Trinajstić information content (AvgIpc) is 2.79. The molecule has 2 aliphatic rings. The third kappa shape index (κ3) is 3.38. The van der Waals surface area contributed by atoms with E-state index >= 15 is 0 Å². The predicted molar refractivity (Wildman–Crippen MR) is 70.8 cm³/mol. The lowest BCUT2D eigenvalue weighted by Gasteiger charge is -2.34. The van der Waals surface area contributed by atoms with Crippen LogP contribution in [0.1, 0.15) is 39.0 Å². The largest absolute Gasteiger partial charge is 0.377 e. The molecule has 1 aliphatic carbocycles. The lowest BCUT2D eigenvalue weighted by molar-refractivity contribution is 0.128. The Hall–Kier alpha value is 0.270. The smallest absolute Gasteiger partial charge is 0.0666 e. The molecule has 0 bridgehead atoms. The number of thioether (sulfide) groups is 1. The molecule has 2 rings (SSSR count). The summed E-state index contributed by atoms with van der Waals surface area (Å²) in [7, 11) is 0. The highest BCUT2D eigenvalue weighted by Crippen LogP contribution is 2.37. The maximum absolute atomic E-state index is 5.88. The molecule has 0 radical (unpaired) electrons. The fraction of sp³-hybridized carbons (Fsp3) is 1.00. The van der Waals surface area contributed by atoms with Crippen LogP contribution in [-0.4, -0.2) is 30.3 Å². The monoisotopic (exact) mass is 243 g/mol. The third-order valence-corrected chi connectivity index (χ3v) is 5.58. The number of ether oxygens (including phenoxy) is 1. The van der Waals surface area contributed by atoms with Crippen LogP contribution in [0.25, 0.3) is 0 Å². The van der Waals surface area contributed by atoms with E-state index in [1.54, 1.807) is 0 Å². The van der Waals surface area contributed by atoms with Crippen molar-refractivity contribution in [1.29, 1.82) is 0 Å². The lowest BCUT2D eigenvalue weighted by Crippen LogP contribution is -2.32. The van der Waals surface area contributed by atoms with E-state index in [1.165, 1.54) is 37.9 Å². The second-order valence-electron chi connectivity index (χ2n) is 5.42. The van der Waals surface area contributed by atoms with E-state index in [-0.39, 0.29) is 0 Å². The Kier molecular flexibility index (Phi) is 4.98. The predicted octanol–water partition coefficient (Wildman–Crippen LogP) is 2.66. The summed E-state index contributed by atoms with van der Waals surface area (Å²) in [5.41, 5.74) is 5.88. The highest BCUT2D eigenvalue weighted by molar-refractivity contribution is 7.99. The van der Waals surface area contributed by atoms with Crippen molar-refractivity contribution in [2.24, 2.45) is 17.6 Å². The quantitative estimate of drug-likeness (QED) is 0.824. The Labute approximate surface area is 104 Å². The van der Waals surface area contributed by atoms with Gasteiger partial charge in [-0.3, -0.25) is 0 Å². The Morgan fingerprint density at radius 2 is 2.19 bits per heavy atom. The van der Waals surface area contributed by atoms with Crippen LogP contribution in [0.15, 0.2) is 0 Å². The Bertz CT molecular complexity index is 206. The summed E-state index contributed by atoms with van der Waals surface area (Å²) in [6, 6.07) is 0. The standard InChI is InChI=1S/C13H25NOS/c1-10-4-5-11(8-14)13(7-10)16-9-12-3-2-6-15-12/h10-13H,2-9,14H2,1H3. The number of hydrogen-bond donors (Lipinski definition) is 1. The van der Waals surface area contributed by atoms with Crippen LogP contribution < -0.4 is 5.73 Å². The third-order valence-electron chi connectivity index (χ3n) is 4.01. The Morgan fingerprint density at radius 1 is 1.31 bits per heavy atom. The van der Waals surface area contributed by atoms with Gasteiger partial charge in [0.15, 0.2) is 0 Å². The molecule has 1 saturated carbocycles. The van der Waals surface area contributed by atoms with Crippen LogP contribution in [0.5, 0.6) is 0 Å². The molecule has 2 fully saturated rings. The van der Waals surface area contributed by atoms with Gasteiger partial charge in [0.05, 0.1) is 6.10 Å². The van der Waals surface area contributed by atoms with E-state index < -0.39 is 0 Å². The number of hydrogen-bond acceptors (Lipinski definition) is 3. The molecule has 94 valence electrons. The van der Waals surface area contributed by atoms with E-state index in [2.05, 4.69) is 18.7 Å². The van der Waals surface area contributed by atoms with Crippen LogP contribution in [-0.2, 0) is 4.74 Å². The first kappa shape index (κ1) is 12.7. The summed E-state index contributed by atoms with van der Waals surface area (Å²) in [4.78, 5) is 0. The van der Waals surface area contributed by atoms with Gasteiger partial charge in [0.1, 0.15) is 0 Å². The summed E-state index contributed by atoms with van der Waals surface area (Å²) in [6.07, 6.45) is 7.12. The van der Waals surface area contributed by atoms with Gasteiger partial charge in [0.25, 0.3) is 0 Å². The molecule has 0 spiro atoms. The summed E-state index contributed by atoms with van der Waals surface area (Å²) >= 11 is 2.13. The van der Waals surface area contributed by atoms with Gasteiger partial charge in [-0.05, 0) is 44.1 Å². The van der Waals surface area contributed by atoms with E-state index in [4.69, 9.17) is 10.5 Å². The van der Waals surface area contributed by atoms with Crippen molar-refractivity contribution in [1.82, 2.24) is 0 Å². The maximum atomic E-state index is 5.88. The van der Waals surface area contributed by atoms with Crippen molar-refractivity contribution < 1.29 is 4.74 Å². The maximum Gasteiger partial charge on any atom is 0.0666 e. The molecule has 3 heteroatoms. The van der Waals surface area contributed by atoms with Crippen LogP contribution in [0.3, 0.4) is 0 Å². The van der Waals surface area contributed by atoms with E-state index in [9.17, 15) is 0 Å². The van der Waals surface area contributed by atoms with Crippen molar-refractivity contribution >= 4 is 11.8 Å². The fourth-order valence-corrected chi connectivity index (χ4v) is 4.58. The number of nitrogens with two attached hydrogens (primary N) is 1. The van der Waals surface area contributed by atoms with Gasteiger partial charge in [-0.1, -0.05) is 13.3 Å². The first-order valence-corrected chi connectivity index (χ1v) is 7.77. The molecule has 4 unspecified atom stereocenters. The topological polar surface area (TPSA) is 35.2 Å². The molecule has 1 heterocycles. The van der Waals surface area contributed by atoms with Crippen molar-refractivity contribution in [3.05, 3.63) is 0 Å². The minimum Gasteiger partial charge on any atom is -0.377 e. The molecular formula is C13H25NOS. The van der Waals surface area contributed by atoms with Gasteiger partial charge >= 0.3 is 0 Å². The van der Waals surface area contributed by atoms with Crippen LogP contribution in [0, 0.1) is 11.8 Å². The molecule has 1 aliphatic heterocycles. The van der Waals surface area contributed by atoms with Gasteiger partial charge in [-0.25, -0.2) is 0 Å². The van der Waals surface area contributed by atoms with E-state index in [0.29, 0.717) is 6.10 Å². The molecule has 0 aromatic rings. The molecule has 0 amide bonds. The minimum atomic E-state index is 0.528. The van der Waals surface area contributed by atoms with Crippen molar-refractivity contribution in [2.75, 3.05) is 18.9 Å². The second kappa shape index (κ2) is 6.27. The molecule has 0 aromatic carbocycles. The molecule has 2 nitrogen and oxygen atoms in total. The number of rotatable bonds is 4. The van der Waals surface area contributed by atoms with Crippen LogP contribution in [0.2, 0.25) is 0 Å². The SMILES string of the molecule is CC1CCC(CN)C(SCC2CCCO2)C1. The summed E-state index contributed by atoms with van der Waals surface area (Å²) in [5, 5.41) is 0.790. The van der Waals surface area contributed by atoms with Gasteiger partial charge in [-0.2, -0.15) is 11.8 Å². The zero-order valence-corrected chi connectivity index (χ0v) is 11.2. The molecule has 16 heavy (non-hydrogen) atoms. The zero-order valence-electron chi connectivity index (χ0n) is 10.4. The minimum absolute atomic E-state index is 0.528. The second-order valence-corrected chi connectivity index (χ2v) is 6.69. The Balaban J connectivity index is 1.76. The zero-order chi connectivity index (χ0) is 11.4. The van der Waals surface area contributed by atoms with Gasteiger partial charge in [0, 0.05) is 17.6 Å². The first-order chi connectivity index (χ1) is 7.79. The summed E-state index contributed by atoms with van der Waals surface area (Å²) in [6.45, 7) is 4.23. The van der Waals surface area contributed by atoms with Gasteiger partial charge in [-0.15, -0.1) is 0 Å². The average molecular weight is 243 g/mol. The van der Waals surface area contributed by atoms with Crippen LogP contribution in [0.4, 0.5) is 0 Å². The molecule has 1 saturated heterocycles. The molecule has 4 atom stereocenters.